The molecule has 0 fully saturated rings. The van der Waals surface area contributed by atoms with Gasteiger partial charge in [-0.25, -0.2) is 5.43 Å². The molecule has 2 aromatic rings. The second-order valence-corrected chi connectivity index (χ2v) is 5.16. The van der Waals surface area contributed by atoms with Crippen LogP contribution in [-0.2, 0) is 11.2 Å². The van der Waals surface area contributed by atoms with Crippen LogP contribution in [0.1, 0.15) is 11.1 Å². The van der Waals surface area contributed by atoms with Crippen LogP contribution in [-0.4, -0.2) is 36.4 Å². The number of nitrogens with zero attached hydrogens (tertiary/aromatic N) is 2. The first-order valence-electron chi connectivity index (χ1n) is 7.44. The number of carbonyl (C=O) groups excluding carboxylic acids is 1. The molecule has 0 saturated carbocycles. The average Bonchev–Trinajstić information content (AvgIpc) is 2.62. The highest BCUT2D eigenvalue weighted by molar-refractivity contribution is 5.88. The Morgan fingerprint density at radius 3 is 2.54 bits per heavy atom. The molecule has 0 unspecified atom stereocenters. The van der Waals surface area contributed by atoms with Gasteiger partial charge < -0.3 is 14.6 Å². The van der Waals surface area contributed by atoms with E-state index in [-0.39, 0.29) is 29.2 Å². The quantitative estimate of drug-likeness (QED) is 0.443. The van der Waals surface area contributed by atoms with E-state index >= 15 is 0 Å². The Labute approximate surface area is 149 Å². The van der Waals surface area contributed by atoms with E-state index in [0.29, 0.717) is 5.75 Å². The molecule has 2 N–H and O–H groups in total. The first-order valence-corrected chi connectivity index (χ1v) is 7.44. The van der Waals surface area contributed by atoms with Gasteiger partial charge in [0.1, 0.15) is 5.75 Å². The fraction of sp³-hybridized carbons (Fsp3) is 0.176. The fourth-order valence-electron chi connectivity index (χ4n) is 2.14. The molecule has 0 aliphatic heterocycles. The van der Waals surface area contributed by atoms with Crippen LogP contribution in [0.4, 0.5) is 5.69 Å². The van der Waals surface area contributed by atoms with E-state index in [2.05, 4.69) is 10.5 Å². The molecule has 9 nitrogen and oxygen atoms in total. The molecule has 9 heteroatoms. The second-order valence-electron chi connectivity index (χ2n) is 5.16. The largest absolute Gasteiger partial charge is 0.504 e. The lowest BCUT2D eigenvalue weighted by molar-refractivity contribution is -0.385. The molecule has 0 aliphatic rings. The van der Waals surface area contributed by atoms with Gasteiger partial charge in [0.05, 0.1) is 43.4 Å². The van der Waals surface area contributed by atoms with Crippen LogP contribution in [0, 0.1) is 10.1 Å². The maximum absolute atomic E-state index is 11.9. The zero-order valence-corrected chi connectivity index (χ0v) is 14.1. The van der Waals surface area contributed by atoms with Crippen LogP contribution in [0.25, 0.3) is 0 Å². The minimum Gasteiger partial charge on any atom is -0.504 e. The van der Waals surface area contributed by atoms with E-state index < -0.39 is 10.8 Å². The van der Waals surface area contributed by atoms with Gasteiger partial charge in [-0.15, -0.1) is 0 Å². The topological polar surface area (TPSA) is 123 Å². The highest BCUT2D eigenvalue weighted by Crippen LogP contribution is 2.32. The van der Waals surface area contributed by atoms with E-state index in [1.165, 1.54) is 7.11 Å². The smallest absolute Gasteiger partial charge is 0.282 e. The van der Waals surface area contributed by atoms with Crippen LogP contribution in [0.2, 0.25) is 0 Å². The third kappa shape index (κ3) is 4.69. The number of hydrogen-bond donors (Lipinski definition) is 2. The Kier molecular flexibility index (Phi) is 6.10. The second kappa shape index (κ2) is 8.47. The average molecular weight is 359 g/mol. The van der Waals surface area contributed by atoms with Crippen LogP contribution in [0.5, 0.6) is 17.2 Å². The van der Waals surface area contributed by atoms with Crippen molar-refractivity contribution in [2.45, 2.75) is 6.42 Å². The molecule has 136 valence electrons. The number of methoxy groups -OCH3 is 2. The number of phenols is 1. The van der Waals surface area contributed by atoms with Crippen molar-refractivity contribution < 1.29 is 24.3 Å². The third-order valence-corrected chi connectivity index (χ3v) is 3.44. The Bertz CT molecular complexity index is 833. The Hall–Kier alpha value is -3.62. The summed E-state index contributed by atoms with van der Waals surface area (Å²) in [6.45, 7) is 0. The molecule has 1 amide bonds. The molecular weight excluding hydrogens is 342 g/mol. The number of aromatic hydroxyl groups is 1. The lowest BCUT2D eigenvalue weighted by Gasteiger charge is -2.05. The highest BCUT2D eigenvalue weighted by atomic mass is 16.6. The maximum atomic E-state index is 11.9. The fourth-order valence-corrected chi connectivity index (χ4v) is 2.14. The van der Waals surface area contributed by atoms with E-state index in [9.17, 15) is 20.0 Å². The summed E-state index contributed by atoms with van der Waals surface area (Å²) in [6.07, 6.45) is 1.17. The predicted molar refractivity (Wildman–Crippen MR) is 93.7 cm³/mol. The summed E-state index contributed by atoms with van der Waals surface area (Å²) in [7, 11) is 2.83. The zero-order chi connectivity index (χ0) is 19.1. The summed E-state index contributed by atoms with van der Waals surface area (Å²) in [5.41, 5.74) is 2.76. The van der Waals surface area contributed by atoms with Gasteiger partial charge in [0, 0.05) is 0 Å². The van der Waals surface area contributed by atoms with E-state index in [0.717, 1.165) is 23.9 Å². The third-order valence-electron chi connectivity index (χ3n) is 3.44. The number of carbonyl (C=O) groups is 1. The standard InChI is InChI=1S/C17H17N3O6/c1-25-13-5-3-11(4-6-13)7-17(22)19-18-10-12-8-15(21)16(26-2)9-14(12)20(23)24/h3-6,8-10,21H,7H2,1-2H3,(H,19,22)/b18-10-. The van der Waals surface area contributed by atoms with Gasteiger partial charge in [-0.3, -0.25) is 14.9 Å². The molecule has 0 atom stereocenters. The normalized spacial score (nSPS) is 10.5. The number of hydrogen-bond acceptors (Lipinski definition) is 7. The van der Waals surface area contributed by atoms with E-state index in [1.807, 2.05) is 0 Å². The Morgan fingerprint density at radius 1 is 1.27 bits per heavy atom. The number of benzene rings is 2. The van der Waals surface area contributed by atoms with E-state index in [4.69, 9.17) is 9.47 Å². The molecule has 2 rings (SSSR count). The summed E-state index contributed by atoms with van der Waals surface area (Å²) in [5.74, 6) is -0.0212. The molecule has 0 bridgehead atoms. The summed E-state index contributed by atoms with van der Waals surface area (Å²) in [4.78, 5) is 22.3. The van der Waals surface area contributed by atoms with Crippen LogP contribution in [0.3, 0.4) is 0 Å². The Morgan fingerprint density at radius 2 is 1.96 bits per heavy atom. The van der Waals surface area contributed by atoms with Crippen molar-refractivity contribution in [3.05, 3.63) is 57.6 Å². The molecule has 2 aromatic carbocycles. The predicted octanol–water partition coefficient (Wildman–Crippen LogP) is 2.01. The number of nitro benzene ring substituents is 1. The van der Waals surface area contributed by atoms with Gasteiger partial charge >= 0.3 is 0 Å². The van der Waals surface area contributed by atoms with Crippen molar-refractivity contribution in [2.24, 2.45) is 5.10 Å². The lowest BCUT2D eigenvalue weighted by Crippen LogP contribution is -2.19. The van der Waals surface area contributed by atoms with Crippen molar-refractivity contribution in [1.82, 2.24) is 5.43 Å². The molecule has 0 aromatic heterocycles. The van der Waals surface area contributed by atoms with Gasteiger partial charge in [0.15, 0.2) is 11.5 Å². The monoisotopic (exact) mass is 359 g/mol. The number of ether oxygens (including phenoxy) is 2. The van der Waals surface area contributed by atoms with Gasteiger partial charge in [-0.05, 0) is 23.8 Å². The molecule has 0 saturated heterocycles. The molecule has 26 heavy (non-hydrogen) atoms. The summed E-state index contributed by atoms with van der Waals surface area (Å²) in [5, 5.41) is 24.5. The number of nitrogens with one attached hydrogen (secondary N) is 1. The number of rotatable bonds is 7. The maximum Gasteiger partial charge on any atom is 0.282 e. The minimum atomic E-state index is -0.636. The van der Waals surface area contributed by atoms with Crippen LogP contribution in [0.15, 0.2) is 41.5 Å². The zero-order valence-electron chi connectivity index (χ0n) is 14.1. The molecule has 0 spiro atoms. The molecule has 0 radical (unpaired) electrons. The molecular formula is C17H17N3O6. The summed E-state index contributed by atoms with van der Waals surface area (Å²) >= 11 is 0. The highest BCUT2D eigenvalue weighted by Gasteiger charge is 2.17. The van der Waals surface area contributed by atoms with Crippen molar-refractivity contribution in [3.63, 3.8) is 0 Å². The van der Waals surface area contributed by atoms with Gasteiger partial charge in [0.25, 0.3) is 5.69 Å². The molecule has 0 heterocycles. The lowest BCUT2D eigenvalue weighted by atomic mass is 10.1. The van der Waals surface area contributed by atoms with Crippen LogP contribution < -0.4 is 14.9 Å². The van der Waals surface area contributed by atoms with Gasteiger partial charge in [0.2, 0.25) is 5.91 Å². The van der Waals surface area contributed by atoms with Crippen molar-refractivity contribution in [2.75, 3.05) is 14.2 Å². The molecule has 0 aliphatic carbocycles. The number of hydrazone groups is 1. The van der Waals surface area contributed by atoms with Crippen molar-refractivity contribution in [3.8, 4) is 17.2 Å². The van der Waals surface area contributed by atoms with Crippen molar-refractivity contribution >= 4 is 17.8 Å². The van der Waals surface area contributed by atoms with E-state index in [1.54, 1.807) is 31.4 Å². The van der Waals surface area contributed by atoms with Gasteiger partial charge in [-0.1, -0.05) is 12.1 Å². The Balaban J connectivity index is 2.06. The SMILES string of the molecule is COc1ccc(CC(=O)N/N=C\c2cc(O)c(OC)cc2[N+](=O)[O-])cc1. The first-order chi connectivity index (χ1) is 12.4. The summed E-state index contributed by atoms with van der Waals surface area (Å²) in [6, 6.07) is 9.17. The minimum absolute atomic E-state index is 0.0260. The van der Waals surface area contributed by atoms with Crippen molar-refractivity contribution in [1.29, 1.82) is 0 Å². The number of amides is 1. The summed E-state index contributed by atoms with van der Waals surface area (Å²) < 4.78 is 9.87. The number of phenolic OH excluding ortho intramolecular Hbond substituents is 1. The van der Waals surface area contributed by atoms with Crippen LogP contribution >= 0.6 is 0 Å². The first kappa shape index (κ1) is 18.7. The van der Waals surface area contributed by atoms with Gasteiger partial charge in [-0.2, -0.15) is 5.10 Å². The number of nitro groups is 1.